The highest BCUT2D eigenvalue weighted by Crippen LogP contribution is 2.38. The minimum atomic E-state index is -0.306. The first-order chi connectivity index (χ1) is 18.1. The van der Waals surface area contributed by atoms with Gasteiger partial charge in [-0.05, 0) is 93.1 Å². The van der Waals surface area contributed by atoms with Crippen molar-refractivity contribution < 1.29 is 29.4 Å². The molecule has 0 saturated heterocycles. The Hall–Kier alpha value is -1.57. The number of hydrogen-bond donors (Lipinski definition) is 1. The summed E-state index contributed by atoms with van der Waals surface area (Å²) < 4.78 is 43.4. The van der Waals surface area contributed by atoms with Crippen LogP contribution in [0.3, 0.4) is 0 Å². The van der Waals surface area contributed by atoms with Crippen LogP contribution in [0.15, 0.2) is 81.7 Å². The second-order valence-corrected chi connectivity index (χ2v) is 10.7. The molecule has 4 rings (SSSR count). The quantitative estimate of drug-likeness (QED) is 0.124. The Morgan fingerprint density at radius 2 is 1.34 bits per heavy atom. The van der Waals surface area contributed by atoms with Gasteiger partial charge in [-0.3, -0.25) is 0 Å². The molecule has 1 radical (unpaired) electrons. The number of rotatable bonds is 5. The van der Waals surface area contributed by atoms with E-state index in [-0.39, 0.29) is 13.1 Å². The maximum absolute atomic E-state index is 13.8. The van der Waals surface area contributed by atoms with E-state index in [0.717, 1.165) is 4.47 Å². The monoisotopic (exact) mass is 802 g/mol. The van der Waals surface area contributed by atoms with Crippen molar-refractivity contribution in [3.8, 4) is 28.4 Å². The van der Waals surface area contributed by atoms with Gasteiger partial charge in [0.1, 0.15) is 23.1 Å². The first-order valence-electron chi connectivity index (χ1n) is 10.5. The van der Waals surface area contributed by atoms with Gasteiger partial charge in [-0.2, -0.15) is 0 Å². The molecule has 0 aliphatic carbocycles. The van der Waals surface area contributed by atoms with Crippen LogP contribution in [0.5, 0.6) is 17.2 Å². The van der Waals surface area contributed by atoms with Crippen LogP contribution in [-0.2, 0) is 0 Å². The lowest BCUT2D eigenvalue weighted by molar-refractivity contribution is 0.381. The molecule has 38 heavy (non-hydrogen) atoms. The predicted molar refractivity (Wildman–Crippen MR) is 166 cm³/mol. The van der Waals surface area contributed by atoms with Gasteiger partial charge in [0, 0.05) is 36.2 Å². The smallest absolute Gasteiger partial charge is 0.569 e. The van der Waals surface area contributed by atoms with E-state index in [2.05, 4.69) is 31.9 Å². The van der Waals surface area contributed by atoms with Crippen LogP contribution >= 0.6 is 77.7 Å². The van der Waals surface area contributed by atoms with Crippen LogP contribution in [0.25, 0.3) is 11.1 Å². The van der Waals surface area contributed by atoms with E-state index < -0.39 is 0 Å². The number of benzene rings is 4. The molecule has 1 N–H and O–H groups in total. The molecule has 0 aromatic heterocycles. The summed E-state index contributed by atoms with van der Waals surface area (Å²) in [5.41, 5.74) is 1.14. The summed E-state index contributed by atoms with van der Waals surface area (Å²) >= 11 is 20.0. The van der Waals surface area contributed by atoms with Crippen LogP contribution in [0, 0.1) is 15.2 Å². The van der Waals surface area contributed by atoms with Crippen molar-refractivity contribution in [1.82, 2.24) is 0 Å². The van der Waals surface area contributed by atoms with E-state index in [4.69, 9.17) is 42.4 Å². The van der Waals surface area contributed by atoms with E-state index >= 15 is 0 Å². The fourth-order valence-corrected chi connectivity index (χ4v) is 4.48. The molecule has 12 heteroatoms. The van der Waals surface area contributed by atoms with Crippen LogP contribution < -0.4 is 14.1 Å². The first kappa shape index (κ1) is 32.6. The van der Waals surface area contributed by atoms with Crippen molar-refractivity contribution in [2.75, 3.05) is 14.2 Å². The van der Waals surface area contributed by atoms with Gasteiger partial charge in [0.05, 0.1) is 17.8 Å². The van der Waals surface area contributed by atoms with Crippen LogP contribution in [0.2, 0.25) is 10.0 Å². The fraction of sp³-hybridized carbons (Fsp3) is 0.0769. The van der Waals surface area contributed by atoms with Gasteiger partial charge in [0.15, 0.2) is 5.75 Å². The van der Waals surface area contributed by atoms with Crippen molar-refractivity contribution in [3.63, 3.8) is 0 Å². The molecule has 0 heterocycles. The van der Waals surface area contributed by atoms with Gasteiger partial charge in [0.25, 0.3) is 0 Å². The van der Waals surface area contributed by atoms with Gasteiger partial charge in [-0.25, -0.2) is 8.78 Å². The number of ether oxygens (including phenoxy) is 2. The molecule has 4 aromatic rings. The summed E-state index contributed by atoms with van der Waals surface area (Å²) in [5, 5.41) is 9.48. The Labute approximate surface area is 262 Å². The molecule has 4 nitrogen and oxygen atoms in total. The third-order valence-electron chi connectivity index (χ3n) is 4.61. The third kappa shape index (κ3) is 9.57. The largest absolute Gasteiger partial charge is 1.00 e. The van der Waals surface area contributed by atoms with Crippen LogP contribution in [0.4, 0.5) is 8.78 Å². The highest BCUT2D eigenvalue weighted by molar-refractivity contribution is 14.1. The zero-order valence-electron chi connectivity index (χ0n) is 20.8. The van der Waals surface area contributed by atoms with Gasteiger partial charge >= 0.3 is 7.69 Å². The molecule has 0 fully saturated rings. The molecule has 201 valence electrons. The minimum absolute atomic E-state index is 0. The summed E-state index contributed by atoms with van der Waals surface area (Å²) in [5.74, 6) is 0.963. The molecule has 0 unspecified atom stereocenters. The molecule has 4 aromatic carbocycles. The van der Waals surface area contributed by atoms with Crippen LogP contribution in [0.1, 0.15) is 1.43 Å². The fourth-order valence-electron chi connectivity index (χ4n) is 2.90. The molecule has 0 spiro atoms. The lowest BCUT2D eigenvalue weighted by Crippen LogP contribution is -2.01. The zero-order chi connectivity index (χ0) is 28.2. The molecule has 0 aliphatic heterocycles. The van der Waals surface area contributed by atoms with Crippen molar-refractivity contribution in [2.45, 2.75) is 0 Å². The van der Waals surface area contributed by atoms with E-state index in [1.54, 1.807) is 54.6 Å². The van der Waals surface area contributed by atoms with E-state index in [9.17, 15) is 8.78 Å². The SMILES string of the molecule is COc1cc(Cl)ccc1-c1c(F)cccc1Br.COc1cc(Cl)ccc1O[B]O.Fc1cccc(Br)c1I.[3H-]. The highest BCUT2D eigenvalue weighted by atomic mass is 127. The molecule has 0 amide bonds. The van der Waals surface area contributed by atoms with Crippen molar-refractivity contribution in [2.24, 2.45) is 0 Å². The molecule has 0 aliphatic rings. The number of halogens is 7. The van der Waals surface area contributed by atoms with Gasteiger partial charge in [-0.1, -0.05) is 51.3 Å². The Bertz CT molecular complexity index is 1340. The Kier molecular flexibility index (Phi) is 14.2. The van der Waals surface area contributed by atoms with Gasteiger partial charge in [0.2, 0.25) is 0 Å². The lowest BCUT2D eigenvalue weighted by atomic mass is 10.0. The standard InChI is InChI=1S/C13H9BrClFO.C7H7BClO3.C6H3BrFI.H/c1-17-12-7-8(15)5-6-9(12)13-10(14)3-2-4-11(13)16;1-11-7-4-5(9)2-3-6(7)12-8-10;7-4-2-1-3-5(8)6(4)9;/h2-7H,1H3;2-4,10H,1H3;1-3H;/q;;;-1/i;;;1+2. The van der Waals surface area contributed by atoms with E-state index in [0.29, 0.717) is 54.1 Å². The van der Waals surface area contributed by atoms with Crippen molar-refractivity contribution >= 4 is 85.3 Å². The maximum atomic E-state index is 13.8. The van der Waals surface area contributed by atoms with E-state index in [1.165, 1.54) is 26.4 Å². The summed E-state index contributed by atoms with van der Waals surface area (Å²) in [6.07, 6.45) is 0. The Morgan fingerprint density at radius 1 is 0.789 bits per heavy atom. The number of methoxy groups -OCH3 is 2. The summed E-state index contributed by atoms with van der Waals surface area (Å²) in [6.45, 7) is 0. The Morgan fingerprint density at radius 3 is 1.87 bits per heavy atom. The Balaban J connectivity index is 0.000000305. The second-order valence-electron chi connectivity index (χ2n) is 7.00. The summed E-state index contributed by atoms with van der Waals surface area (Å²) in [7, 11) is 3.62. The van der Waals surface area contributed by atoms with Crippen LogP contribution in [-0.4, -0.2) is 26.9 Å². The second kappa shape index (κ2) is 16.5. The average Bonchev–Trinajstić information content (AvgIpc) is 2.89. The van der Waals surface area contributed by atoms with Gasteiger partial charge in [-0.15, -0.1) is 0 Å². The number of hydrogen-bond acceptors (Lipinski definition) is 4. The molecular weight excluding hydrogens is 783 g/mol. The highest BCUT2D eigenvalue weighted by Gasteiger charge is 2.14. The topological polar surface area (TPSA) is 47.9 Å². The summed E-state index contributed by atoms with van der Waals surface area (Å²) in [6, 6.07) is 19.7. The first-order valence-corrected chi connectivity index (χ1v) is 13.9. The summed E-state index contributed by atoms with van der Waals surface area (Å²) in [4.78, 5) is 0. The maximum Gasteiger partial charge on any atom is 0.569 e. The van der Waals surface area contributed by atoms with Crippen molar-refractivity contribution in [3.05, 3.63) is 107 Å². The normalized spacial score (nSPS) is 9.84. The minimum Gasteiger partial charge on any atom is -1.00 e. The van der Waals surface area contributed by atoms with Crippen molar-refractivity contribution in [1.29, 1.82) is 0 Å². The van der Waals surface area contributed by atoms with Gasteiger partial charge < -0.3 is 20.6 Å². The lowest BCUT2D eigenvalue weighted by Gasteiger charge is -2.11. The molecule has 0 bridgehead atoms. The average molecular weight is 805 g/mol. The zero-order valence-corrected chi connectivity index (χ0v) is 26.7. The predicted octanol–water partition coefficient (Wildman–Crippen LogP) is 9.48. The van der Waals surface area contributed by atoms with E-state index in [1.807, 2.05) is 28.7 Å². The molecule has 0 saturated carbocycles. The molecular formula is C26H20BBr2Cl2F2IO4-. The third-order valence-corrected chi connectivity index (χ3v) is 8.23. The molecule has 0 atom stereocenters.